The van der Waals surface area contributed by atoms with Crippen LogP contribution in [0.4, 0.5) is 0 Å². The molecule has 2 radical (unpaired) electrons. The van der Waals surface area contributed by atoms with Gasteiger partial charge in [0.1, 0.15) is 0 Å². The number of halogens is 1. The van der Waals surface area contributed by atoms with E-state index >= 15 is 0 Å². The predicted octanol–water partition coefficient (Wildman–Crippen LogP) is -4.34. The third-order valence-electron chi connectivity index (χ3n) is 0. The molecule has 0 rings (SSSR count). The normalized spacial score (nSPS) is 7.25. The number of rotatable bonds is 0. The van der Waals surface area contributed by atoms with Gasteiger partial charge >= 0.3 is 34.4 Å². The molecule has 0 aromatic heterocycles. The molecule has 0 fully saturated rings. The largest absolute Gasteiger partial charge is 3.00 e. The molecule has 0 bridgehead atoms. The van der Waals surface area contributed by atoms with Crippen molar-refractivity contribution >= 4 is 10.4 Å². The SMILES string of the molecule is O=S(=O)([O-])[O-].[Cl-].[Cr+3].[Cu+2]. The summed E-state index contributed by atoms with van der Waals surface area (Å²) in [7, 11) is -5.17. The van der Waals surface area contributed by atoms with Crippen molar-refractivity contribution < 1.29 is 64.4 Å². The minimum atomic E-state index is -5.17. The molecule has 0 aromatic rings. The summed E-state index contributed by atoms with van der Waals surface area (Å²) in [6, 6.07) is 0. The van der Waals surface area contributed by atoms with Gasteiger partial charge in [-0.25, -0.2) is 0 Å². The van der Waals surface area contributed by atoms with Crippen LogP contribution in [-0.4, -0.2) is 17.5 Å². The number of hydrogen-bond acceptors (Lipinski definition) is 4. The zero-order valence-corrected chi connectivity index (χ0v) is 6.92. The standard InChI is InChI=1S/ClH.Cr.Cu.H2O4S/c;;;1-5(2,3)4/h1H;;;(H2,1,2,3,4)/q;+3;+2;/p-3. The van der Waals surface area contributed by atoms with Gasteiger partial charge in [-0.2, -0.15) is 0 Å². The van der Waals surface area contributed by atoms with Crippen molar-refractivity contribution in [1.82, 2.24) is 0 Å². The molecule has 0 heterocycles. The molecule has 0 atom stereocenters. The Hall–Kier alpha value is 1.21. The fraction of sp³-hybridized carbons (Fsp3) is 0. The Morgan fingerprint density at radius 3 is 1.12 bits per heavy atom. The molecule has 0 saturated heterocycles. The van der Waals surface area contributed by atoms with Gasteiger partial charge in [0.05, 0.1) is 0 Å². The summed E-state index contributed by atoms with van der Waals surface area (Å²) >= 11 is 0. The summed E-state index contributed by atoms with van der Waals surface area (Å²) in [6.45, 7) is 0. The van der Waals surface area contributed by atoms with Crippen LogP contribution in [0.25, 0.3) is 0 Å². The molecule has 0 N–H and O–H groups in total. The monoisotopic (exact) mass is 246 g/mol. The van der Waals surface area contributed by atoms with E-state index in [1.54, 1.807) is 0 Å². The number of hydrogen-bond donors (Lipinski definition) is 0. The molecule has 4 nitrogen and oxygen atoms in total. The minimum Gasteiger partial charge on any atom is -1.00 e. The van der Waals surface area contributed by atoms with Crippen molar-refractivity contribution in [2.75, 3.05) is 0 Å². The van der Waals surface area contributed by atoms with E-state index in [-0.39, 0.29) is 46.8 Å². The first-order chi connectivity index (χ1) is 2.00. The average Bonchev–Trinajstić information content (AvgIpc) is 0.722. The van der Waals surface area contributed by atoms with Gasteiger partial charge in [0.15, 0.2) is 0 Å². The Labute approximate surface area is 74.6 Å². The van der Waals surface area contributed by atoms with Crippen LogP contribution < -0.4 is 12.4 Å². The maximum atomic E-state index is 8.52. The average molecular weight is 247 g/mol. The van der Waals surface area contributed by atoms with E-state index in [4.69, 9.17) is 17.5 Å². The Kier molecular flexibility index (Phi) is 23.5. The van der Waals surface area contributed by atoms with E-state index < -0.39 is 10.4 Å². The second kappa shape index (κ2) is 8.21. The molecule has 8 heteroatoms. The second-order valence-electron chi connectivity index (χ2n) is 0.408. The molecule has 0 aromatic carbocycles. The molecule has 0 aliphatic carbocycles. The fourth-order valence-corrected chi connectivity index (χ4v) is 0. The summed E-state index contributed by atoms with van der Waals surface area (Å²) in [5, 5.41) is 0. The van der Waals surface area contributed by atoms with Crippen LogP contribution in [0.2, 0.25) is 0 Å². The molecule has 0 amide bonds. The van der Waals surface area contributed by atoms with Crippen molar-refractivity contribution in [1.29, 1.82) is 0 Å². The molecular formula is ClCrCuO4S+2. The predicted molar refractivity (Wildman–Crippen MR) is 10.5 cm³/mol. The van der Waals surface area contributed by atoms with Crippen molar-refractivity contribution in [3.8, 4) is 0 Å². The third-order valence-corrected chi connectivity index (χ3v) is 0. The maximum Gasteiger partial charge on any atom is 3.00 e. The Morgan fingerprint density at radius 2 is 1.12 bits per heavy atom. The molecule has 0 aliphatic heterocycles. The Morgan fingerprint density at radius 1 is 1.12 bits per heavy atom. The van der Waals surface area contributed by atoms with Gasteiger partial charge < -0.3 is 21.5 Å². The molecule has 0 aliphatic rings. The molecule has 0 unspecified atom stereocenters. The van der Waals surface area contributed by atoms with Crippen LogP contribution in [0.5, 0.6) is 0 Å². The van der Waals surface area contributed by atoms with E-state index in [9.17, 15) is 0 Å². The quantitative estimate of drug-likeness (QED) is 0.246. The van der Waals surface area contributed by atoms with E-state index in [0.717, 1.165) is 0 Å². The van der Waals surface area contributed by atoms with E-state index in [1.165, 1.54) is 0 Å². The molecule has 0 spiro atoms. The summed E-state index contributed by atoms with van der Waals surface area (Å²) < 4.78 is 34.1. The van der Waals surface area contributed by atoms with Crippen LogP contribution >= 0.6 is 0 Å². The van der Waals surface area contributed by atoms with Crippen molar-refractivity contribution in [2.45, 2.75) is 0 Å². The van der Waals surface area contributed by atoms with Gasteiger partial charge in [-0.1, -0.05) is 0 Å². The van der Waals surface area contributed by atoms with E-state index in [1.807, 2.05) is 0 Å². The topological polar surface area (TPSA) is 80.3 Å². The van der Waals surface area contributed by atoms with Gasteiger partial charge in [0, 0.05) is 10.4 Å². The summed E-state index contributed by atoms with van der Waals surface area (Å²) in [5.74, 6) is 0. The van der Waals surface area contributed by atoms with Crippen LogP contribution in [0.1, 0.15) is 0 Å². The third kappa shape index (κ3) is 189. The van der Waals surface area contributed by atoms with Crippen molar-refractivity contribution in [3.63, 3.8) is 0 Å². The summed E-state index contributed by atoms with van der Waals surface area (Å²) in [5.41, 5.74) is 0. The summed E-state index contributed by atoms with van der Waals surface area (Å²) in [6.07, 6.45) is 0. The molecular weight excluding hydrogens is 247 g/mol. The smallest absolute Gasteiger partial charge is 1.00 e. The molecule has 0 saturated carbocycles. The van der Waals surface area contributed by atoms with Crippen molar-refractivity contribution in [2.24, 2.45) is 0 Å². The Bertz CT molecular complexity index is 99.2. The van der Waals surface area contributed by atoms with E-state index in [0.29, 0.717) is 0 Å². The Balaban J connectivity index is -0.0000000267. The zero-order valence-electron chi connectivity index (χ0n) is 3.13. The van der Waals surface area contributed by atoms with Crippen LogP contribution in [0.3, 0.4) is 0 Å². The molecule has 8 heavy (non-hydrogen) atoms. The van der Waals surface area contributed by atoms with Gasteiger partial charge in [-0.15, -0.1) is 0 Å². The second-order valence-corrected chi connectivity index (χ2v) is 1.22. The van der Waals surface area contributed by atoms with E-state index in [2.05, 4.69) is 0 Å². The van der Waals surface area contributed by atoms with Gasteiger partial charge in [0.25, 0.3) is 0 Å². The van der Waals surface area contributed by atoms with Gasteiger partial charge in [-0.05, 0) is 0 Å². The maximum absolute atomic E-state index is 8.52. The van der Waals surface area contributed by atoms with Crippen molar-refractivity contribution in [3.05, 3.63) is 0 Å². The van der Waals surface area contributed by atoms with Gasteiger partial charge in [0.2, 0.25) is 0 Å². The van der Waals surface area contributed by atoms with Crippen LogP contribution in [-0.2, 0) is 44.8 Å². The first kappa shape index (κ1) is 22.9. The van der Waals surface area contributed by atoms with Crippen LogP contribution in [0.15, 0.2) is 0 Å². The first-order valence-corrected chi connectivity index (χ1v) is 2.00. The summed E-state index contributed by atoms with van der Waals surface area (Å²) in [4.78, 5) is 0. The zero-order chi connectivity index (χ0) is 4.50. The van der Waals surface area contributed by atoms with Gasteiger partial charge in [-0.3, -0.25) is 8.42 Å². The van der Waals surface area contributed by atoms with Crippen LogP contribution in [0, 0.1) is 0 Å². The fourth-order valence-electron chi connectivity index (χ4n) is 0. The molecule has 52 valence electrons. The first-order valence-electron chi connectivity index (χ1n) is 0.667. The minimum absolute atomic E-state index is 0.